The molecule has 1 heteroatoms. The lowest BCUT2D eigenvalue weighted by Gasteiger charge is -2.28. The molecule has 0 amide bonds. The van der Waals surface area contributed by atoms with E-state index in [0.29, 0.717) is 43.3 Å². The van der Waals surface area contributed by atoms with Gasteiger partial charge in [0.1, 0.15) is 0 Å². The molecule has 0 saturated heterocycles. The molecule has 416 valence electrons. The summed E-state index contributed by atoms with van der Waals surface area (Å²) in [6.07, 6.45) is 24.1. The standard InChI is InChI=1S/C11H22.C9H18.C9H20.C8H18O.C8H16.C8H18.C7H14.C7H16/c1-11(2,3)9-10-7-5-4-6-8-10;1-8(2,3)7-9(4)5-6-9;1-8(2,3)7-9(4,5)6;1-7(2,3)6-8(4,5)9;1-8(2,3)6-7-4-5-7;1-7(2)6-8(3,4)5;1-7(2,3)6-4-5-6;1-6(2)7(3,4)5/h10H,4-9H2,1-3H3;5-7H2,1-4H3;7H2,1-6H3;9H,6H2,1-5H3;7H,4-6H2,1-3H3;7H,6H2,1-5H3;6H,4-5H2,1-3H3;6H,1-5H3. The van der Waals surface area contributed by atoms with Gasteiger partial charge in [-0.2, -0.15) is 0 Å². The fourth-order valence-electron chi connectivity index (χ4n) is 10.2. The molecule has 4 aliphatic carbocycles. The van der Waals surface area contributed by atoms with Gasteiger partial charge in [0, 0.05) is 0 Å². The maximum Gasteiger partial charge on any atom is 0.0596 e. The van der Waals surface area contributed by atoms with Crippen LogP contribution in [0.1, 0.15) is 345 Å². The largest absolute Gasteiger partial charge is 0.390 e. The first-order chi connectivity index (χ1) is 29.5. The van der Waals surface area contributed by atoms with Gasteiger partial charge in [-0.3, -0.25) is 0 Å². The second-order valence-corrected chi connectivity index (χ2v) is 35.7. The fraction of sp³-hybridized carbons (Fsp3) is 1.00. The molecule has 1 nitrogen and oxygen atoms in total. The number of aliphatic hydroxyl groups is 1. The Kier molecular flexibility index (Phi) is 33.3. The van der Waals surface area contributed by atoms with Crippen LogP contribution in [0.2, 0.25) is 0 Å². The molecule has 0 bridgehead atoms. The van der Waals surface area contributed by atoms with Crippen molar-refractivity contribution in [1.29, 1.82) is 0 Å². The number of rotatable bonds is 5. The first kappa shape index (κ1) is 74.5. The van der Waals surface area contributed by atoms with E-state index in [1.165, 1.54) is 103 Å². The molecule has 0 aromatic heterocycles. The summed E-state index contributed by atoms with van der Waals surface area (Å²) < 4.78 is 0. The topological polar surface area (TPSA) is 20.2 Å². The zero-order chi connectivity index (χ0) is 55.4. The molecular formula is C67H142O. The van der Waals surface area contributed by atoms with E-state index in [9.17, 15) is 5.11 Å². The Morgan fingerprint density at radius 3 is 0.824 bits per heavy atom. The Morgan fingerprint density at radius 1 is 0.412 bits per heavy atom. The average molecular weight is 964 g/mol. The third kappa shape index (κ3) is 68.0. The summed E-state index contributed by atoms with van der Waals surface area (Å²) in [5.74, 6) is 4.83. The van der Waals surface area contributed by atoms with Crippen molar-refractivity contribution in [3.05, 3.63) is 0 Å². The summed E-state index contributed by atoms with van der Waals surface area (Å²) in [5, 5.41) is 9.35. The molecule has 4 fully saturated rings. The fourth-order valence-corrected chi connectivity index (χ4v) is 10.2. The first-order valence-electron chi connectivity index (χ1n) is 29.2. The van der Waals surface area contributed by atoms with Crippen LogP contribution in [0, 0.1) is 83.7 Å². The van der Waals surface area contributed by atoms with Crippen LogP contribution in [0.3, 0.4) is 0 Å². The van der Waals surface area contributed by atoms with E-state index in [2.05, 4.69) is 222 Å². The van der Waals surface area contributed by atoms with E-state index in [4.69, 9.17) is 0 Å². The lowest BCUT2D eigenvalue weighted by molar-refractivity contribution is 0.0370. The van der Waals surface area contributed by atoms with Gasteiger partial charge in [-0.05, 0) is 162 Å². The van der Waals surface area contributed by atoms with Gasteiger partial charge >= 0.3 is 0 Å². The molecule has 68 heavy (non-hydrogen) atoms. The Hall–Kier alpha value is -0.0400. The zero-order valence-electron chi connectivity index (χ0n) is 54.9. The minimum absolute atomic E-state index is 0.234. The van der Waals surface area contributed by atoms with Gasteiger partial charge in [-0.25, -0.2) is 0 Å². The molecule has 0 heterocycles. The normalized spacial score (nSPS) is 18.1. The third-order valence-corrected chi connectivity index (χ3v) is 12.9. The van der Waals surface area contributed by atoms with Crippen LogP contribution in [0.25, 0.3) is 0 Å². The molecule has 0 aromatic carbocycles. The van der Waals surface area contributed by atoms with Crippen molar-refractivity contribution in [3.8, 4) is 0 Å². The summed E-state index contributed by atoms with van der Waals surface area (Å²) in [7, 11) is 0. The minimum Gasteiger partial charge on any atom is -0.390 e. The van der Waals surface area contributed by atoms with E-state index >= 15 is 0 Å². The van der Waals surface area contributed by atoms with E-state index in [1.54, 1.807) is 0 Å². The van der Waals surface area contributed by atoms with Crippen molar-refractivity contribution in [2.24, 2.45) is 83.7 Å². The molecule has 4 saturated carbocycles. The third-order valence-electron chi connectivity index (χ3n) is 12.9. The molecule has 4 aliphatic rings. The quantitative estimate of drug-likeness (QED) is 0.291. The van der Waals surface area contributed by atoms with Crippen LogP contribution in [-0.2, 0) is 0 Å². The van der Waals surface area contributed by atoms with Gasteiger partial charge in [0.25, 0.3) is 0 Å². The monoisotopic (exact) mass is 963 g/mol. The minimum atomic E-state index is -0.516. The van der Waals surface area contributed by atoms with Gasteiger partial charge in [0.05, 0.1) is 5.60 Å². The summed E-state index contributed by atoms with van der Waals surface area (Å²) in [6.45, 7) is 76.9. The number of hydrogen-bond acceptors (Lipinski definition) is 1. The molecule has 4 rings (SSSR count). The smallest absolute Gasteiger partial charge is 0.0596 e. The summed E-state index contributed by atoms with van der Waals surface area (Å²) >= 11 is 0. The molecule has 0 spiro atoms. The van der Waals surface area contributed by atoms with E-state index < -0.39 is 5.60 Å². The number of hydrogen-bond donors (Lipinski definition) is 1. The van der Waals surface area contributed by atoms with Crippen LogP contribution >= 0.6 is 0 Å². The van der Waals surface area contributed by atoms with Gasteiger partial charge in [-0.15, -0.1) is 0 Å². The summed E-state index contributed by atoms with van der Waals surface area (Å²) in [4.78, 5) is 0. The van der Waals surface area contributed by atoms with E-state index in [1.807, 2.05) is 13.8 Å². The van der Waals surface area contributed by atoms with Crippen molar-refractivity contribution in [2.45, 2.75) is 350 Å². The van der Waals surface area contributed by atoms with Crippen LogP contribution in [0.4, 0.5) is 0 Å². The molecule has 0 aromatic rings. The first-order valence-corrected chi connectivity index (χ1v) is 29.2. The van der Waals surface area contributed by atoms with Crippen molar-refractivity contribution < 1.29 is 5.11 Å². The molecule has 0 aliphatic heterocycles. The van der Waals surface area contributed by atoms with E-state index in [0.717, 1.165) is 41.4 Å². The molecule has 0 atom stereocenters. The van der Waals surface area contributed by atoms with Gasteiger partial charge in [0.2, 0.25) is 0 Å². The maximum atomic E-state index is 9.35. The highest BCUT2D eigenvalue weighted by atomic mass is 16.3. The molecule has 1 N–H and O–H groups in total. The predicted molar refractivity (Wildman–Crippen MR) is 318 cm³/mol. The molecule has 0 unspecified atom stereocenters. The lowest BCUT2D eigenvalue weighted by atomic mass is 9.78. The second kappa shape index (κ2) is 30.4. The maximum absolute atomic E-state index is 9.35. The second-order valence-electron chi connectivity index (χ2n) is 35.7. The van der Waals surface area contributed by atoms with Gasteiger partial charge < -0.3 is 5.11 Å². The lowest BCUT2D eigenvalue weighted by Crippen LogP contribution is -2.25. The highest BCUT2D eigenvalue weighted by molar-refractivity contribution is 4.91. The van der Waals surface area contributed by atoms with Crippen LogP contribution in [-0.4, -0.2) is 10.7 Å². The SMILES string of the molecule is CC(C)(C)C1CC1.CC(C)(C)CC(C)(C)C.CC(C)(C)CC(C)(C)O.CC(C)(C)CC1(C)CC1.CC(C)(C)CC1CC1.CC(C)(C)CC1CCCCC1.CC(C)C(C)(C)C.CC(C)CC(C)(C)C. The van der Waals surface area contributed by atoms with E-state index in [-0.39, 0.29) is 5.41 Å². The Labute approximate surface area is 437 Å². The van der Waals surface area contributed by atoms with Crippen LogP contribution in [0.5, 0.6) is 0 Å². The Morgan fingerprint density at radius 2 is 0.735 bits per heavy atom. The Balaban J connectivity index is -0.000000346. The Bertz CT molecular complexity index is 1080. The van der Waals surface area contributed by atoms with Gasteiger partial charge in [0.15, 0.2) is 0 Å². The summed E-state index contributed by atoms with van der Waals surface area (Å²) in [6, 6.07) is 0. The molecular weight excluding hydrogens is 821 g/mol. The van der Waals surface area contributed by atoms with Crippen molar-refractivity contribution in [1.82, 2.24) is 0 Å². The predicted octanol–water partition coefficient (Wildman–Crippen LogP) is 23.9. The highest BCUT2D eigenvalue weighted by Crippen LogP contribution is 2.52. The van der Waals surface area contributed by atoms with Crippen molar-refractivity contribution in [2.75, 3.05) is 0 Å². The van der Waals surface area contributed by atoms with Crippen molar-refractivity contribution >= 4 is 0 Å². The average Bonchev–Trinajstić information content (AvgIpc) is 3.84. The zero-order valence-corrected chi connectivity index (χ0v) is 54.9. The van der Waals surface area contributed by atoms with Crippen LogP contribution in [0.15, 0.2) is 0 Å². The summed E-state index contributed by atoms with van der Waals surface area (Å²) in [5.41, 5.74) is 4.74. The highest BCUT2D eigenvalue weighted by Gasteiger charge is 2.40. The van der Waals surface area contributed by atoms with Crippen LogP contribution < -0.4 is 0 Å². The van der Waals surface area contributed by atoms with Crippen molar-refractivity contribution in [3.63, 3.8) is 0 Å². The molecule has 0 radical (unpaired) electrons. The van der Waals surface area contributed by atoms with Gasteiger partial charge in [-0.1, -0.05) is 267 Å².